The fourth-order valence-electron chi connectivity index (χ4n) is 2.52. The Morgan fingerprint density at radius 3 is 2.28 bits per heavy atom. The van der Waals surface area contributed by atoms with Crippen LogP contribution in [0.2, 0.25) is 0 Å². The number of anilines is 4. The maximum atomic E-state index is 13.4. The summed E-state index contributed by atoms with van der Waals surface area (Å²) in [5.74, 6) is 0.280. The monoisotopic (exact) mass is 399 g/mol. The minimum Gasteiger partial charge on any atom is -0.497 e. The van der Waals surface area contributed by atoms with Gasteiger partial charge in [0.2, 0.25) is 5.95 Å². The van der Waals surface area contributed by atoms with Crippen molar-refractivity contribution in [2.24, 2.45) is 0 Å². The highest BCUT2D eigenvalue weighted by atomic mass is 19.4. The van der Waals surface area contributed by atoms with Crippen LogP contribution in [0.5, 0.6) is 5.75 Å². The molecule has 2 aromatic carbocycles. The van der Waals surface area contributed by atoms with Gasteiger partial charge in [0, 0.05) is 24.6 Å². The number of nitrogens with one attached hydrogen (secondary N) is 1. The second-order valence-corrected chi connectivity index (χ2v) is 6.00. The number of aromatic nitrogens is 2. The molecule has 1 N–H and O–H groups in total. The SMILES string of the molecule is COc1ccc(Nc2nc(N(C)c3ccc(C#N)cc3)ncc2C(F)(F)F)cc1. The Hall–Kier alpha value is -3.80. The number of hydrogen-bond donors (Lipinski definition) is 1. The highest BCUT2D eigenvalue weighted by Gasteiger charge is 2.35. The molecule has 0 amide bonds. The zero-order valence-electron chi connectivity index (χ0n) is 15.5. The molecule has 0 spiro atoms. The smallest absolute Gasteiger partial charge is 0.421 e. The average Bonchev–Trinajstić information content (AvgIpc) is 2.73. The van der Waals surface area contributed by atoms with Crippen molar-refractivity contribution in [1.29, 1.82) is 5.26 Å². The molecule has 3 rings (SSSR count). The van der Waals surface area contributed by atoms with Crippen LogP contribution in [0.4, 0.5) is 36.3 Å². The summed E-state index contributed by atoms with van der Waals surface area (Å²) in [5, 5.41) is 11.6. The van der Waals surface area contributed by atoms with E-state index in [9.17, 15) is 13.2 Å². The number of benzene rings is 2. The molecule has 0 radical (unpaired) electrons. The maximum Gasteiger partial charge on any atom is 0.421 e. The van der Waals surface area contributed by atoms with Crippen LogP contribution in [0.1, 0.15) is 11.1 Å². The van der Waals surface area contributed by atoms with Crippen molar-refractivity contribution in [2.45, 2.75) is 6.18 Å². The summed E-state index contributed by atoms with van der Waals surface area (Å²) in [6.07, 6.45) is -3.88. The Bertz CT molecular complexity index is 1030. The standard InChI is InChI=1S/C20H16F3N5O/c1-28(15-7-3-13(11-24)4-8-15)19-25-12-17(20(21,22)23)18(27-19)26-14-5-9-16(29-2)10-6-14/h3-10,12H,1-2H3,(H,25,26,27). The summed E-state index contributed by atoms with van der Waals surface area (Å²) in [6, 6.07) is 15.0. The molecule has 0 aliphatic rings. The van der Waals surface area contributed by atoms with E-state index in [1.165, 1.54) is 12.0 Å². The first-order valence-electron chi connectivity index (χ1n) is 8.41. The molecule has 0 atom stereocenters. The van der Waals surface area contributed by atoms with Gasteiger partial charge >= 0.3 is 6.18 Å². The van der Waals surface area contributed by atoms with Crippen LogP contribution in [0, 0.1) is 11.3 Å². The fourth-order valence-corrected chi connectivity index (χ4v) is 2.52. The highest BCUT2D eigenvalue weighted by molar-refractivity contribution is 5.64. The van der Waals surface area contributed by atoms with E-state index in [2.05, 4.69) is 15.3 Å². The normalized spacial score (nSPS) is 10.9. The van der Waals surface area contributed by atoms with Gasteiger partial charge in [-0.2, -0.15) is 23.4 Å². The van der Waals surface area contributed by atoms with E-state index in [1.54, 1.807) is 55.6 Å². The largest absolute Gasteiger partial charge is 0.497 e. The number of alkyl halides is 3. The lowest BCUT2D eigenvalue weighted by atomic mass is 10.2. The maximum absolute atomic E-state index is 13.4. The summed E-state index contributed by atoms with van der Waals surface area (Å²) in [4.78, 5) is 9.48. The van der Waals surface area contributed by atoms with E-state index in [0.717, 1.165) is 6.20 Å². The lowest BCUT2D eigenvalue weighted by Crippen LogP contribution is -2.17. The van der Waals surface area contributed by atoms with Gasteiger partial charge in [0.25, 0.3) is 0 Å². The van der Waals surface area contributed by atoms with E-state index in [0.29, 0.717) is 22.7 Å². The molecule has 6 nitrogen and oxygen atoms in total. The molecule has 148 valence electrons. The lowest BCUT2D eigenvalue weighted by molar-refractivity contribution is -0.137. The van der Waals surface area contributed by atoms with Gasteiger partial charge in [0.1, 0.15) is 17.1 Å². The van der Waals surface area contributed by atoms with Crippen molar-refractivity contribution in [3.05, 3.63) is 65.9 Å². The first-order chi connectivity index (χ1) is 13.8. The van der Waals surface area contributed by atoms with E-state index < -0.39 is 11.7 Å². The summed E-state index contributed by atoms with van der Waals surface area (Å²) < 4.78 is 45.3. The van der Waals surface area contributed by atoms with Crippen molar-refractivity contribution in [3.8, 4) is 11.8 Å². The van der Waals surface area contributed by atoms with Crippen LogP contribution in [0.25, 0.3) is 0 Å². The topological polar surface area (TPSA) is 74.1 Å². The molecule has 29 heavy (non-hydrogen) atoms. The molecule has 0 unspecified atom stereocenters. The van der Waals surface area contributed by atoms with Crippen LogP contribution in [0.15, 0.2) is 54.7 Å². The summed E-state index contributed by atoms with van der Waals surface area (Å²) in [6.45, 7) is 0. The third kappa shape index (κ3) is 4.55. The molecule has 0 aliphatic carbocycles. The number of ether oxygens (including phenoxy) is 1. The van der Waals surface area contributed by atoms with Crippen LogP contribution in [0.3, 0.4) is 0 Å². The molecule has 3 aromatic rings. The van der Waals surface area contributed by atoms with Crippen molar-refractivity contribution in [1.82, 2.24) is 9.97 Å². The molecule has 0 bridgehead atoms. The highest BCUT2D eigenvalue weighted by Crippen LogP contribution is 2.36. The second-order valence-electron chi connectivity index (χ2n) is 6.00. The minimum absolute atomic E-state index is 0.0683. The molecule has 0 saturated heterocycles. The quantitative estimate of drug-likeness (QED) is 0.659. The minimum atomic E-state index is -4.62. The zero-order valence-corrected chi connectivity index (χ0v) is 15.5. The Labute approximate surface area is 165 Å². The van der Waals surface area contributed by atoms with E-state index in [4.69, 9.17) is 10.00 Å². The van der Waals surface area contributed by atoms with Gasteiger partial charge in [-0.1, -0.05) is 0 Å². The number of hydrogen-bond acceptors (Lipinski definition) is 6. The number of nitrogens with zero attached hydrogens (tertiary/aromatic N) is 4. The number of halogens is 3. The van der Waals surface area contributed by atoms with Crippen molar-refractivity contribution in [3.63, 3.8) is 0 Å². The van der Waals surface area contributed by atoms with Crippen LogP contribution < -0.4 is 15.0 Å². The Kier molecular flexibility index (Phi) is 5.54. The molecular formula is C20H16F3N5O. The summed E-state index contributed by atoms with van der Waals surface area (Å²) in [5.41, 5.74) is 0.531. The van der Waals surface area contributed by atoms with Gasteiger partial charge in [0.05, 0.1) is 18.7 Å². The molecule has 0 saturated carbocycles. The number of methoxy groups -OCH3 is 1. The molecule has 1 heterocycles. The van der Waals surface area contributed by atoms with Gasteiger partial charge in [-0.3, -0.25) is 0 Å². The van der Waals surface area contributed by atoms with E-state index >= 15 is 0 Å². The van der Waals surface area contributed by atoms with Gasteiger partial charge in [0.15, 0.2) is 0 Å². The van der Waals surface area contributed by atoms with Gasteiger partial charge in [-0.25, -0.2) is 4.98 Å². The number of nitriles is 1. The second kappa shape index (κ2) is 8.06. The average molecular weight is 399 g/mol. The molecular weight excluding hydrogens is 383 g/mol. The summed E-state index contributed by atoms with van der Waals surface area (Å²) in [7, 11) is 3.13. The first kappa shape index (κ1) is 19.9. The predicted octanol–water partition coefficient (Wildman–Crippen LogP) is 4.89. The number of rotatable bonds is 5. The predicted molar refractivity (Wildman–Crippen MR) is 103 cm³/mol. The van der Waals surface area contributed by atoms with E-state index in [-0.39, 0.29) is 11.8 Å². The van der Waals surface area contributed by atoms with E-state index in [1.807, 2.05) is 6.07 Å². The van der Waals surface area contributed by atoms with Crippen LogP contribution in [-0.4, -0.2) is 24.1 Å². The van der Waals surface area contributed by atoms with Crippen LogP contribution >= 0.6 is 0 Å². The molecule has 1 aromatic heterocycles. The third-order valence-corrected chi connectivity index (χ3v) is 4.12. The fraction of sp³-hybridized carbons (Fsp3) is 0.150. The third-order valence-electron chi connectivity index (χ3n) is 4.12. The molecule has 9 heteroatoms. The van der Waals surface area contributed by atoms with Gasteiger partial charge < -0.3 is 15.0 Å². The molecule has 0 aliphatic heterocycles. The summed E-state index contributed by atoms with van der Waals surface area (Å²) >= 11 is 0. The Balaban J connectivity index is 1.97. The Morgan fingerprint density at radius 1 is 1.07 bits per heavy atom. The molecule has 0 fully saturated rings. The first-order valence-corrected chi connectivity index (χ1v) is 8.41. The van der Waals surface area contributed by atoms with Crippen molar-refractivity contribution < 1.29 is 17.9 Å². The van der Waals surface area contributed by atoms with Crippen molar-refractivity contribution >= 4 is 23.1 Å². The zero-order chi connectivity index (χ0) is 21.0. The van der Waals surface area contributed by atoms with Crippen molar-refractivity contribution in [2.75, 3.05) is 24.4 Å². The Morgan fingerprint density at radius 2 is 1.72 bits per heavy atom. The van der Waals surface area contributed by atoms with Crippen LogP contribution in [-0.2, 0) is 6.18 Å². The van der Waals surface area contributed by atoms with Gasteiger partial charge in [-0.15, -0.1) is 0 Å². The van der Waals surface area contributed by atoms with Gasteiger partial charge in [-0.05, 0) is 48.5 Å². The lowest BCUT2D eigenvalue weighted by Gasteiger charge is -2.20.